The van der Waals surface area contributed by atoms with Crippen LogP contribution in [0.4, 0.5) is 11.4 Å². The minimum atomic E-state index is -0.404. The third-order valence-electron chi connectivity index (χ3n) is 4.00. The van der Waals surface area contributed by atoms with Gasteiger partial charge in [-0.15, -0.1) is 0 Å². The third-order valence-corrected chi connectivity index (χ3v) is 4.00. The molecule has 0 atom stereocenters. The van der Waals surface area contributed by atoms with Crippen LogP contribution in [0.25, 0.3) is 10.8 Å². The molecule has 1 fully saturated rings. The van der Waals surface area contributed by atoms with Gasteiger partial charge in [0.15, 0.2) is 0 Å². The zero-order valence-electron chi connectivity index (χ0n) is 10.9. The number of aliphatic hydroxyl groups excluding tert-OH is 1. The van der Waals surface area contributed by atoms with Crippen molar-refractivity contribution in [2.24, 2.45) is 0 Å². The molecule has 1 aliphatic carbocycles. The molecule has 0 spiro atoms. The van der Waals surface area contributed by atoms with E-state index in [0.29, 0.717) is 5.39 Å². The fraction of sp³-hybridized carbons (Fsp3) is 0.357. The Morgan fingerprint density at radius 2 is 2.15 bits per heavy atom. The number of hydrogen-bond donors (Lipinski definition) is 2. The number of benzene rings is 1. The molecule has 0 saturated heterocycles. The van der Waals surface area contributed by atoms with Crippen molar-refractivity contribution in [3.63, 3.8) is 0 Å². The van der Waals surface area contributed by atoms with Crippen molar-refractivity contribution in [2.45, 2.75) is 24.8 Å². The van der Waals surface area contributed by atoms with Crippen molar-refractivity contribution >= 4 is 22.1 Å². The first-order valence-corrected chi connectivity index (χ1v) is 6.55. The molecular weight excluding hydrogens is 258 g/mol. The normalized spacial score (nSPS) is 16.6. The number of nitrogens with one attached hydrogen (secondary N) is 1. The van der Waals surface area contributed by atoms with Crippen LogP contribution in [0, 0.1) is 10.1 Å². The number of non-ortho nitro benzene ring substituents is 1. The lowest BCUT2D eigenvalue weighted by atomic mass is 9.77. The molecule has 20 heavy (non-hydrogen) atoms. The predicted octanol–water partition coefficient (Wildman–Crippen LogP) is 2.47. The summed E-state index contributed by atoms with van der Waals surface area (Å²) >= 11 is 0. The highest BCUT2D eigenvalue weighted by molar-refractivity contribution is 5.99. The lowest BCUT2D eigenvalue weighted by Crippen LogP contribution is -2.48. The zero-order chi connectivity index (χ0) is 14.2. The molecule has 3 rings (SSSR count). The second-order valence-electron chi connectivity index (χ2n) is 5.23. The minimum absolute atomic E-state index is 0.0466. The highest BCUT2D eigenvalue weighted by atomic mass is 16.6. The highest BCUT2D eigenvalue weighted by Gasteiger charge is 2.36. The van der Waals surface area contributed by atoms with Gasteiger partial charge < -0.3 is 10.4 Å². The summed E-state index contributed by atoms with van der Waals surface area (Å²) in [6, 6.07) is 4.95. The van der Waals surface area contributed by atoms with E-state index in [1.54, 1.807) is 18.3 Å². The van der Waals surface area contributed by atoms with Gasteiger partial charge in [-0.3, -0.25) is 15.1 Å². The topological polar surface area (TPSA) is 88.3 Å². The summed E-state index contributed by atoms with van der Waals surface area (Å²) < 4.78 is 0. The first kappa shape index (κ1) is 12.8. The molecule has 2 aromatic rings. The molecule has 0 aliphatic heterocycles. The number of anilines is 1. The maximum absolute atomic E-state index is 11.1. The Labute approximate surface area is 115 Å². The standard InChI is InChI=1S/C14H15N3O3/c18-9-14(5-1-6-14)16-12-2-3-13(17(19)20)11-8-15-7-4-10(11)12/h2-4,7-8,16,18H,1,5-6,9H2. The van der Waals surface area contributed by atoms with Gasteiger partial charge >= 0.3 is 0 Å². The van der Waals surface area contributed by atoms with Crippen LogP contribution in [0.2, 0.25) is 0 Å². The molecule has 1 aromatic heterocycles. The van der Waals surface area contributed by atoms with Gasteiger partial charge in [-0.2, -0.15) is 0 Å². The van der Waals surface area contributed by atoms with Crippen molar-refractivity contribution in [3.05, 3.63) is 40.7 Å². The Hall–Kier alpha value is -2.21. The van der Waals surface area contributed by atoms with Gasteiger partial charge in [-0.1, -0.05) is 0 Å². The molecule has 0 bridgehead atoms. The van der Waals surface area contributed by atoms with Crippen molar-refractivity contribution in [1.29, 1.82) is 0 Å². The molecule has 0 radical (unpaired) electrons. The first-order valence-electron chi connectivity index (χ1n) is 6.55. The molecular formula is C14H15N3O3. The summed E-state index contributed by atoms with van der Waals surface area (Å²) in [5.41, 5.74) is 0.568. The molecule has 0 unspecified atom stereocenters. The minimum Gasteiger partial charge on any atom is -0.394 e. The van der Waals surface area contributed by atoms with E-state index in [1.807, 2.05) is 0 Å². The fourth-order valence-corrected chi connectivity index (χ4v) is 2.66. The van der Waals surface area contributed by atoms with Gasteiger partial charge in [0.2, 0.25) is 0 Å². The Morgan fingerprint density at radius 3 is 2.75 bits per heavy atom. The van der Waals surface area contributed by atoms with E-state index in [1.165, 1.54) is 12.3 Å². The van der Waals surface area contributed by atoms with E-state index in [4.69, 9.17) is 0 Å². The van der Waals surface area contributed by atoms with E-state index in [0.717, 1.165) is 30.3 Å². The summed E-state index contributed by atoms with van der Waals surface area (Å²) in [5, 5.41) is 25.2. The largest absolute Gasteiger partial charge is 0.394 e. The number of nitrogens with zero attached hydrogens (tertiary/aromatic N) is 2. The Morgan fingerprint density at radius 1 is 1.35 bits per heavy atom. The molecule has 6 nitrogen and oxygen atoms in total. The van der Waals surface area contributed by atoms with Crippen LogP contribution in [0.15, 0.2) is 30.6 Å². The third kappa shape index (κ3) is 1.98. The second kappa shape index (κ2) is 4.72. The number of aromatic nitrogens is 1. The van der Waals surface area contributed by atoms with Crippen molar-refractivity contribution in [1.82, 2.24) is 4.98 Å². The van der Waals surface area contributed by atoms with Crippen LogP contribution in [-0.4, -0.2) is 27.2 Å². The second-order valence-corrected chi connectivity index (χ2v) is 5.23. The number of pyridine rings is 1. The Bertz CT molecular complexity index is 662. The SMILES string of the molecule is O=[N+]([O-])c1ccc(NC2(CO)CCC2)c2ccncc12. The molecule has 1 heterocycles. The van der Waals surface area contributed by atoms with Crippen LogP contribution < -0.4 is 5.32 Å². The van der Waals surface area contributed by atoms with Gasteiger partial charge in [0.25, 0.3) is 5.69 Å². The molecule has 6 heteroatoms. The number of hydrogen-bond acceptors (Lipinski definition) is 5. The highest BCUT2D eigenvalue weighted by Crippen LogP contribution is 2.38. The van der Waals surface area contributed by atoms with Crippen LogP contribution in [0.1, 0.15) is 19.3 Å². The smallest absolute Gasteiger partial charge is 0.278 e. The van der Waals surface area contributed by atoms with Crippen LogP contribution in [0.3, 0.4) is 0 Å². The zero-order valence-corrected chi connectivity index (χ0v) is 10.9. The Balaban J connectivity index is 2.08. The number of rotatable bonds is 4. The molecule has 0 amide bonds. The van der Waals surface area contributed by atoms with Gasteiger partial charge in [-0.25, -0.2) is 0 Å². The van der Waals surface area contributed by atoms with Crippen molar-refractivity contribution < 1.29 is 10.0 Å². The van der Waals surface area contributed by atoms with Crippen LogP contribution in [-0.2, 0) is 0 Å². The Kier molecular flexibility index (Phi) is 3.02. The number of nitro benzene ring substituents is 1. The van der Waals surface area contributed by atoms with Crippen LogP contribution >= 0.6 is 0 Å². The molecule has 1 saturated carbocycles. The number of nitro groups is 1. The number of aliphatic hydroxyl groups is 1. The molecule has 1 aromatic carbocycles. The summed E-state index contributed by atoms with van der Waals surface area (Å²) in [6.07, 6.45) is 6.02. The van der Waals surface area contributed by atoms with Gasteiger partial charge in [0.05, 0.1) is 22.5 Å². The average Bonchev–Trinajstić information content (AvgIpc) is 2.42. The quantitative estimate of drug-likeness (QED) is 0.660. The van der Waals surface area contributed by atoms with E-state index < -0.39 is 4.92 Å². The van der Waals surface area contributed by atoms with E-state index in [2.05, 4.69) is 10.3 Å². The average molecular weight is 273 g/mol. The van der Waals surface area contributed by atoms with E-state index >= 15 is 0 Å². The van der Waals surface area contributed by atoms with Gasteiger partial charge in [0, 0.05) is 29.5 Å². The monoisotopic (exact) mass is 273 g/mol. The summed E-state index contributed by atoms with van der Waals surface area (Å²) in [7, 11) is 0. The van der Waals surface area contributed by atoms with E-state index in [-0.39, 0.29) is 17.8 Å². The predicted molar refractivity (Wildman–Crippen MR) is 75.7 cm³/mol. The molecule has 2 N–H and O–H groups in total. The van der Waals surface area contributed by atoms with Crippen molar-refractivity contribution in [2.75, 3.05) is 11.9 Å². The first-order chi connectivity index (χ1) is 9.65. The molecule has 104 valence electrons. The van der Waals surface area contributed by atoms with Gasteiger partial charge in [0.1, 0.15) is 0 Å². The lowest BCUT2D eigenvalue weighted by molar-refractivity contribution is -0.383. The maximum Gasteiger partial charge on any atom is 0.278 e. The van der Waals surface area contributed by atoms with E-state index in [9.17, 15) is 15.2 Å². The summed E-state index contributed by atoms with van der Waals surface area (Å²) in [5.74, 6) is 0. The van der Waals surface area contributed by atoms with Gasteiger partial charge in [-0.05, 0) is 31.4 Å². The lowest BCUT2D eigenvalue weighted by Gasteiger charge is -2.42. The fourth-order valence-electron chi connectivity index (χ4n) is 2.66. The summed E-state index contributed by atoms with van der Waals surface area (Å²) in [4.78, 5) is 14.6. The summed E-state index contributed by atoms with van der Waals surface area (Å²) in [6.45, 7) is 0.0660. The van der Waals surface area contributed by atoms with Crippen molar-refractivity contribution in [3.8, 4) is 0 Å². The van der Waals surface area contributed by atoms with Crippen LogP contribution in [0.5, 0.6) is 0 Å². The molecule has 1 aliphatic rings. The number of fused-ring (bicyclic) bond motifs is 1. The maximum atomic E-state index is 11.1.